The van der Waals surface area contributed by atoms with Crippen molar-refractivity contribution in [3.63, 3.8) is 0 Å². The lowest BCUT2D eigenvalue weighted by Crippen LogP contribution is -2.14. The van der Waals surface area contributed by atoms with Crippen molar-refractivity contribution in [2.75, 3.05) is 5.73 Å². The molecule has 0 aromatic carbocycles. The first-order valence-electron chi connectivity index (χ1n) is 6.08. The van der Waals surface area contributed by atoms with Gasteiger partial charge in [-0.2, -0.15) is 4.98 Å². The van der Waals surface area contributed by atoms with E-state index in [0.717, 1.165) is 5.57 Å². The third kappa shape index (κ3) is 1.66. The van der Waals surface area contributed by atoms with Crippen LogP contribution in [0.25, 0.3) is 11.2 Å². The zero-order valence-corrected chi connectivity index (χ0v) is 10.5. The van der Waals surface area contributed by atoms with E-state index in [0.29, 0.717) is 12.1 Å². The molecule has 1 aliphatic carbocycles. The van der Waals surface area contributed by atoms with Gasteiger partial charge in [0.25, 0.3) is 5.56 Å². The summed E-state index contributed by atoms with van der Waals surface area (Å²) in [6.45, 7) is 5.95. The molecule has 0 unspecified atom stereocenters. The summed E-state index contributed by atoms with van der Waals surface area (Å²) in [6, 6.07) is -0.108. The Balaban J connectivity index is 2.17. The summed E-state index contributed by atoms with van der Waals surface area (Å²) in [5, 5.41) is 9.91. The molecule has 0 saturated heterocycles. The normalized spacial score (nSPS) is 27.3. The lowest BCUT2D eigenvalue weighted by Gasteiger charge is -2.14. The van der Waals surface area contributed by atoms with Crippen molar-refractivity contribution in [3.05, 3.63) is 28.8 Å². The van der Waals surface area contributed by atoms with Crippen LogP contribution in [0.4, 0.5) is 5.95 Å². The predicted molar refractivity (Wildman–Crippen MR) is 70.5 cm³/mol. The third-order valence-electron chi connectivity index (χ3n) is 3.84. The monoisotopic (exact) mass is 261 g/mol. The van der Waals surface area contributed by atoms with Gasteiger partial charge in [-0.1, -0.05) is 13.5 Å². The van der Waals surface area contributed by atoms with Crippen LogP contribution in [0.15, 0.2) is 23.3 Å². The number of hydrogen-bond acceptors (Lipinski definition) is 5. The van der Waals surface area contributed by atoms with E-state index in [1.54, 1.807) is 10.9 Å². The number of nitrogens with two attached hydrogens (primary N) is 1. The Kier molecular flexibility index (Phi) is 2.46. The van der Waals surface area contributed by atoms with Crippen molar-refractivity contribution in [1.29, 1.82) is 0 Å². The van der Waals surface area contributed by atoms with Crippen LogP contribution in [-0.4, -0.2) is 30.7 Å². The molecular weight excluding hydrogens is 246 g/mol. The first kappa shape index (κ1) is 11.9. The van der Waals surface area contributed by atoms with E-state index >= 15 is 0 Å². The van der Waals surface area contributed by atoms with Gasteiger partial charge in [-0.05, 0) is 12.0 Å². The minimum atomic E-state index is -0.436. The maximum Gasteiger partial charge on any atom is 0.280 e. The molecule has 19 heavy (non-hydrogen) atoms. The van der Waals surface area contributed by atoms with Crippen LogP contribution in [-0.2, 0) is 0 Å². The molecule has 2 aromatic rings. The molecule has 3 atom stereocenters. The van der Waals surface area contributed by atoms with Gasteiger partial charge in [-0.15, -0.1) is 0 Å². The molecule has 0 radical (unpaired) electrons. The van der Waals surface area contributed by atoms with Gasteiger partial charge in [-0.3, -0.25) is 9.78 Å². The van der Waals surface area contributed by atoms with Gasteiger partial charge < -0.3 is 15.4 Å². The molecule has 0 spiro atoms. The number of aliphatic hydroxyl groups is 1. The quantitative estimate of drug-likeness (QED) is 0.635. The van der Waals surface area contributed by atoms with E-state index in [-0.39, 0.29) is 29.0 Å². The zero-order valence-electron chi connectivity index (χ0n) is 10.5. The highest BCUT2D eigenvalue weighted by Gasteiger charge is 2.35. The lowest BCUT2D eigenvalue weighted by molar-refractivity contribution is 0.145. The average molecular weight is 261 g/mol. The van der Waals surface area contributed by atoms with Crippen LogP contribution in [0.5, 0.6) is 0 Å². The highest BCUT2D eigenvalue weighted by Crippen LogP contribution is 2.39. The molecule has 7 nitrogen and oxygen atoms in total. The molecule has 0 aliphatic heterocycles. The van der Waals surface area contributed by atoms with Gasteiger partial charge in [0.2, 0.25) is 5.95 Å². The van der Waals surface area contributed by atoms with Gasteiger partial charge in [-0.25, -0.2) is 4.98 Å². The molecule has 2 aromatic heterocycles. The number of H-pyrrole nitrogens is 1. The molecule has 1 fully saturated rings. The molecule has 7 heteroatoms. The largest absolute Gasteiger partial charge is 0.392 e. The topological polar surface area (TPSA) is 110 Å². The molecule has 0 bridgehead atoms. The molecule has 4 N–H and O–H groups in total. The number of nitrogens with zero attached hydrogens (tertiary/aromatic N) is 3. The predicted octanol–water partition coefficient (Wildman–Crippen LogP) is 0.200. The van der Waals surface area contributed by atoms with Crippen molar-refractivity contribution in [1.82, 2.24) is 19.5 Å². The Hall–Kier alpha value is -2.15. The van der Waals surface area contributed by atoms with Crippen molar-refractivity contribution in [3.8, 4) is 0 Å². The number of aromatic amines is 1. The first-order chi connectivity index (χ1) is 8.99. The smallest absolute Gasteiger partial charge is 0.280 e. The number of aromatic nitrogens is 4. The maximum absolute atomic E-state index is 11.7. The zero-order chi connectivity index (χ0) is 13.7. The van der Waals surface area contributed by atoms with Crippen LogP contribution in [0.2, 0.25) is 0 Å². The number of imidazole rings is 1. The van der Waals surface area contributed by atoms with Crippen molar-refractivity contribution < 1.29 is 5.11 Å². The van der Waals surface area contributed by atoms with Crippen LogP contribution >= 0.6 is 0 Å². The van der Waals surface area contributed by atoms with Crippen molar-refractivity contribution in [2.24, 2.45) is 5.92 Å². The molecule has 0 amide bonds. The number of aliphatic hydroxyl groups excluding tert-OH is 1. The number of anilines is 1. The summed E-state index contributed by atoms with van der Waals surface area (Å²) < 4.78 is 1.76. The maximum atomic E-state index is 11.7. The molecule has 1 aliphatic rings. The van der Waals surface area contributed by atoms with Crippen molar-refractivity contribution >= 4 is 17.1 Å². The van der Waals surface area contributed by atoms with E-state index in [4.69, 9.17) is 5.73 Å². The number of fused-ring (bicyclic) bond motifs is 1. The van der Waals surface area contributed by atoms with E-state index in [9.17, 15) is 9.90 Å². The standard InChI is InChI=1S/C12H15N5O2/c1-5-6(2)8(18)3-7(5)17-4-14-9-10(17)15-12(13)16-11(9)19/h4,6-8,18H,1,3H2,2H3,(H3,13,15,16,19)/t6-,7-,8-/m0/s1. The van der Waals surface area contributed by atoms with Gasteiger partial charge >= 0.3 is 0 Å². The fourth-order valence-corrected chi connectivity index (χ4v) is 2.60. The average Bonchev–Trinajstić information content (AvgIpc) is 2.86. The Morgan fingerprint density at radius 2 is 2.37 bits per heavy atom. The van der Waals surface area contributed by atoms with Crippen LogP contribution < -0.4 is 11.3 Å². The highest BCUT2D eigenvalue weighted by molar-refractivity contribution is 5.70. The van der Waals surface area contributed by atoms with Crippen LogP contribution in [0.1, 0.15) is 19.4 Å². The third-order valence-corrected chi connectivity index (χ3v) is 3.84. The number of hydrogen-bond donors (Lipinski definition) is 3. The minimum absolute atomic E-state index is 0.0155. The molecule has 3 rings (SSSR count). The number of nitrogens with one attached hydrogen (secondary N) is 1. The Morgan fingerprint density at radius 3 is 3.00 bits per heavy atom. The Bertz CT molecular complexity index is 716. The summed E-state index contributed by atoms with van der Waals surface area (Å²) in [4.78, 5) is 22.3. The van der Waals surface area contributed by atoms with E-state index in [1.165, 1.54) is 0 Å². The summed E-state index contributed by atoms with van der Waals surface area (Å²) >= 11 is 0. The second-order valence-corrected chi connectivity index (χ2v) is 4.96. The number of nitrogen functional groups attached to an aromatic ring is 1. The van der Waals surface area contributed by atoms with Gasteiger partial charge in [0, 0.05) is 5.92 Å². The lowest BCUT2D eigenvalue weighted by atomic mass is 10.0. The van der Waals surface area contributed by atoms with Crippen molar-refractivity contribution in [2.45, 2.75) is 25.5 Å². The Labute approximate surface area is 108 Å². The summed E-state index contributed by atoms with van der Waals surface area (Å²) in [7, 11) is 0. The molecule has 2 heterocycles. The number of rotatable bonds is 1. The van der Waals surface area contributed by atoms with Gasteiger partial charge in [0.15, 0.2) is 11.2 Å². The van der Waals surface area contributed by atoms with E-state index in [2.05, 4.69) is 21.5 Å². The second kappa shape index (κ2) is 3.92. The molecular formula is C12H15N5O2. The van der Waals surface area contributed by atoms with E-state index in [1.807, 2.05) is 6.92 Å². The van der Waals surface area contributed by atoms with Crippen LogP contribution in [0, 0.1) is 5.92 Å². The second-order valence-electron chi connectivity index (χ2n) is 4.96. The van der Waals surface area contributed by atoms with Crippen LogP contribution in [0.3, 0.4) is 0 Å². The summed E-state index contributed by atoms with van der Waals surface area (Å²) in [5.74, 6) is 0.0678. The van der Waals surface area contributed by atoms with Gasteiger partial charge in [0.05, 0.1) is 18.5 Å². The Morgan fingerprint density at radius 1 is 1.63 bits per heavy atom. The first-order valence-corrected chi connectivity index (χ1v) is 6.08. The summed E-state index contributed by atoms with van der Waals surface area (Å²) in [6.07, 6.45) is 1.65. The fourth-order valence-electron chi connectivity index (χ4n) is 2.60. The minimum Gasteiger partial charge on any atom is -0.392 e. The highest BCUT2D eigenvalue weighted by atomic mass is 16.3. The SMILES string of the molecule is C=C1[C@H](C)[C@@H](O)C[C@@H]1n1cnc2c(=O)[nH]c(N)nc21. The van der Waals surface area contributed by atoms with Gasteiger partial charge in [0.1, 0.15) is 0 Å². The molecule has 1 saturated carbocycles. The fraction of sp³-hybridized carbons (Fsp3) is 0.417. The summed E-state index contributed by atoms with van der Waals surface area (Å²) in [5.41, 5.74) is 6.78. The molecule has 100 valence electrons. The van der Waals surface area contributed by atoms with E-state index < -0.39 is 6.10 Å².